The predicted octanol–water partition coefficient (Wildman–Crippen LogP) is 2.74. The lowest BCUT2D eigenvalue weighted by Crippen LogP contribution is -2.18. The summed E-state index contributed by atoms with van der Waals surface area (Å²) in [6, 6.07) is 6.09. The summed E-state index contributed by atoms with van der Waals surface area (Å²) in [6.07, 6.45) is -3.91. The minimum atomic E-state index is -4.28. The molecular formula is C11H13F3O3. The molecule has 0 unspecified atom stereocenters. The highest BCUT2D eigenvalue weighted by Gasteiger charge is 2.27. The molecule has 3 nitrogen and oxygen atoms in total. The van der Waals surface area contributed by atoms with Gasteiger partial charge in [0.15, 0.2) is 0 Å². The Balaban J connectivity index is 2.07. The van der Waals surface area contributed by atoms with E-state index < -0.39 is 12.8 Å². The van der Waals surface area contributed by atoms with Gasteiger partial charge in [-0.2, -0.15) is 13.2 Å². The van der Waals surface area contributed by atoms with Crippen LogP contribution in [0.3, 0.4) is 0 Å². The lowest BCUT2D eigenvalue weighted by Gasteiger charge is -2.08. The average Bonchev–Trinajstić information content (AvgIpc) is 2.24. The Morgan fingerprint density at radius 3 is 2.29 bits per heavy atom. The highest BCUT2D eigenvalue weighted by Crippen LogP contribution is 2.16. The number of rotatable bonds is 6. The third-order valence-electron chi connectivity index (χ3n) is 1.80. The van der Waals surface area contributed by atoms with Crippen LogP contribution in [0.5, 0.6) is 11.5 Å². The Bertz CT molecular complexity index is 322. The minimum absolute atomic E-state index is 0.00239. The SMILES string of the molecule is Oc1ccc(OCCCOCC(F)(F)F)cc1. The topological polar surface area (TPSA) is 38.7 Å². The van der Waals surface area contributed by atoms with E-state index in [9.17, 15) is 13.2 Å². The maximum absolute atomic E-state index is 11.7. The molecule has 0 aliphatic heterocycles. The molecule has 0 saturated carbocycles. The molecule has 1 N–H and O–H groups in total. The van der Waals surface area contributed by atoms with Crippen LogP contribution in [0.4, 0.5) is 13.2 Å². The standard InChI is InChI=1S/C11H13F3O3/c12-11(13,14)8-16-6-1-7-17-10-4-2-9(15)3-5-10/h2-5,15H,1,6-8H2. The van der Waals surface area contributed by atoms with Gasteiger partial charge >= 0.3 is 6.18 Å². The van der Waals surface area contributed by atoms with Crippen molar-refractivity contribution in [3.63, 3.8) is 0 Å². The molecular weight excluding hydrogens is 237 g/mol. The van der Waals surface area contributed by atoms with Gasteiger partial charge in [-0.05, 0) is 24.3 Å². The molecule has 0 fully saturated rings. The number of halogens is 3. The van der Waals surface area contributed by atoms with Crippen LogP contribution in [0, 0.1) is 0 Å². The number of ether oxygens (including phenoxy) is 2. The molecule has 17 heavy (non-hydrogen) atoms. The number of aromatic hydroxyl groups is 1. The first-order chi connectivity index (χ1) is 7.97. The average molecular weight is 250 g/mol. The Kier molecular flexibility index (Phi) is 5.09. The zero-order chi connectivity index (χ0) is 12.7. The molecule has 0 aromatic heterocycles. The number of phenolic OH excluding ortho intramolecular Hbond substituents is 1. The van der Waals surface area contributed by atoms with E-state index >= 15 is 0 Å². The highest BCUT2D eigenvalue weighted by atomic mass is 19.4. The minimum Gasteiger partial charge on any atom is -0.508 e. The summed E-state index contributed by atoms with van der Waals surface area (Å²) in [5.41, 5.74) is 0. The van der Waals surface area contributed by atoms with Crippen molar-refractivity contribution in [2.75, 3.05) is 19.8 Å². The van der Waals surface area contributed by atoms with Crippen molar-refractivity contribution in [3.8, 4) is 11.5 Å². The summed E-state index contributed by atoms with van der Waals surface area (Å²) in [5.74, 6) is 0.685. The molecule has 1 rings (SSSR count). The van der Waals surface area contributed by atoms with E-state index in [4.69, 9.17) is 9.84 Å². The van der Waals surface area contributed by atoms with Crippen molar-refractivity contribution >= 4 is 0 Å². The largest absolute Gasteiger partial charge is 0.508 e. The van der Waals surface area contributed by atoms with Gasteiger partial charge in [-0.1, -0.05) is 0 Å². The van der Waals surface area contributed by atoms with Gasteiger partial charge in [0.25, 0.3) is 0 Å². The molecule has 0 atom stereocenters. The fraction of sp³-hybridized carbons (Fsp3) is 0.455. The Morgan fingerprint density at radius 1 is 1.06 bits per heavy atom. The molecule has 0 spiro atoms. The number of alkyl halides is 3. The Labute approximate surface area is 96.8 Å². The summed E-state index contributed by atoms with van der Waals surface area (Å²) >= 11 is 0. The van der Waals surface area contributed by atoms with Gasteiger partial charge < -0.3 is 14.6 Å². The van der Waals surface area contributed by atoms with Gasteiger partial charge in [-0.3, -0.25) is 0 Å². The predicted molar refractivity (Wildman–Crippen MR) is 55.1 cm³/mol. The van der Waals surface area contributed by atoms with Gasteiger partial charge in [0.1, 0.15) is 18.1 Å². The Hall–Kier alpha value is -1.43. The van der Waals surface area contributed by atoms with Crippen molar-refractivity contribution in [3.05, 3.63) is 24.3 Å². The second-order valence-corrected chi connectivity index (χ2v) is 3.36. The van der Waals surface area contributed by atoms with E-state index in [1.54, 1.807) is 12.1 Å². The molecule has 96 valence electrons. The van der Waals surface area contributed by atoms with Gasteiger partial charge in [0.2, 0.25) is 0 Å². The van der Waals surface area contributed by atoms with Gasteiger partial charge in [-0.15, -0.1) is 0 Å². The molecule has 1 aromatic carbocycles. The van der Waals surface area contributed by atoms with E-state index in [2.05, 4.69) is 4.74 Å². The van der Waals surface area contributed by atoms with E-state index in [1.807, 2.05) is 0 Å². The first-order valence-corrected chi connectivity index (χ1v) is 5.04. The van der Waals surface area contributed by atoms with Crippen LogP contribution in [-0.2, 0) is 4.74 Å². The summed E-state index contributed by atoms with van der Waals surface area (Å²) < 4.78 is 44.7. The molecule has 0 saturated heterocycles. The number of hydrogen-bond donors (Lipinski definition) is 1. The van der Waals surface area contributed by atoms with E-state index in [0.717, 1.165) is 0 Å². The number of hydrogen-bond acceptors (Lipinski definition) is 3. The Morgan fingerprint density at radius 2 is 1.71 bits per heavy atom. The van der Waals surface area contributed by atoms with Gasteiger partial charge in [0.05, 0.1) is 13.2 Å². The summed E-state index contributed by atoms with van der Waals surface area (Å²) in [4.78, 5) is 0. The van der Waals surface area contributed by atoms with Crippen molar-refractivity contribution in [2.24, 2.45) is 0 Å². The van der Waals surface area contributed by atoms with Crippen LogP contribution in [0.1, 0.15) is 6.42 Å². The lowest BCUT2D eigenvalue weighted by atomic mass is 10.3. The number of benzene rings is 1. The molecule has 0 amide bonds. The second-order valence-electron chi connectivity index (χ2n) is 3.36. The monoisotopic (exact) mass is 250 g/mol. The van der Waals surface area contributed by atoms with Crippen LogP contribution in [0.15, 0.2) is 24.3 Å². The first-order valence-electron chi connectivity index (χ1n) is 5.04. The number of phenols is 1. The molecule has 0 aliphatic rings. The summed E-state index contributed by atoms with van der Waals surface area (Å²) in [7, 11) is 0. The molecule has 0 heterocycles. The van der Waals surface area contributed by atoms with Gasteiger partial charge in [0, 0.05) is 6.42 Å². The third-order valence-corrected chi connectivity index (χ3v) is 1.80. The van der Waals surface area contributed by atoms with Crippen LogP contribution in [0.2, 0.25) is 0 Å². The summed E-state index contributed by atoms with van der Waals surface area (Å²) in [6.45, 7) is -0.966. The van der Waals surface area contributed by atoms with E-state index in [-0.39, 0.29) is 19.0 Å². The van der Waals surface area contributed by atoms with Crippen molar-refractivity contribution in [1.29, 1.82) is 0 Å². The fourth-order valence-electron chi connectivity index (χ4n) is 1.08. The maximum Gasteiger partial charge on any atom is 0.411 e. The van der Waals surface area contributed by atoms with E-state index in [1.165, 1.54) is 12.1 Å². The smallest absolute Gasteiger partial charge is 0.411 e. The van der Waals surface area contributed by atoms with Crippen molar-refractivity contribution < 1.29 is 27.8 Å². The zero-order valence-electron chi connectivity index (χ0n) is 9.04. The zero-order valence-corrected chi connectivity index (χ0v) is 9.04. The quantitative estimate of drug-likeness (QED) is 0.789. The van der Waals surface area contributed by atoms with Crippen LogP contribution in [0.25, 0.3) is 0 Å². The van der Waals surface area contributed by atoms with Crippen molar-refractivity contribution in [2.45, 2.75) is 12.6 Å². The highest BCUT2D eigenvalue weighted by molar-refractivity contribution is 5.29. The normalized spacial score (nSPS) is 11.5. The molecule has 0 bridgehead atoms. The van der Waals surface area contributed by atoms with Crippen LogP contribution >= 0.6 is 0 Å². The molecule has 0 radical (unpaired) electrons. The molecule has 0 aliphatic carbocycles. The van der Waals surface area contributed by atoms with Crippen molar-refractivity contribution in [1.82, 2.24) is 0 Å². The second kappa shape index (κ2) is 6.34. The fourth-order valence-corrected chi connectivity index (χ4v) is 1.08. The first kappa shape index (κ1) is 13.6. The molecule has 1 aromatic rings. The van der Waals surface area contributed by atoms with Crippen LogP contribution in [-0.4, -0.2) is 31.1 Å². The lowest BCUT2D eigenvalue weighted by molar-refractivity contribution is -0.174. The summed E-state index contributed by atoms with van der Waals surface area (Å²) in [5, 5.41) is 8.99. The maximum atomic E-state index is 11.7. The van der Waals surface area contributed by atoms with Gasteiger partial charge in [-0.25, -0.2) is 0 Å². The van der Waals surface area contributed by atoms with Crippen LogP contribution < -0.4 is 4.74 Å². The third kappa shape index (κ3) is 6.68. The molecule has 6 heteroatoms. The van der Waals surface area contributed by atoms with E-state index in [0.29, 0.717) is 12.2 Å².